The van der Waals surface area contributed by atoms with Crippen LogP contribution in [-0.2, 0) is 16.1 Å². The predicted molar refractivity (Wildman–Crippen MR) is 153 cm³/mol. The van der Waals surface area contributed by atoms with Crippen molar-refractivity contribution in [1.82, 2.24) is 25.3 Å². The summed E-state index contributed by atoms with van der Waals surface area (Å²) >= 11 is 0. The lowest BCUT2D eigenvalue weighted by atomic mass is 9.79. The van der Waals surface area contributed by atoms with Crippen LogP contribution in [0.25, 0.3) is 0 Å². The average Bonchev–Trinajstić information content (AvgIpc) is 3.25. The molecule has 1 aromatic heterocycles. The molecule has 1 spiro atoms. The number of piperazine rings is 1. The van der Waals surface area contributed by atoms with Gasteiger partial charge in [0.05, 0.1) is 11.7 Å². The Kier molecular flexibility index (Phi) is 7.63. The number of benzene rings is 2. The molecule has 0 aliphatic carbocycles. The summed E-state index contributed by atoms with van der Waals surface area (Å²) in [5.41, 5.74) is 5.83. The highest BCUT2D eigenvalue weighted by Gasteiger charge is 2.54. The van der Waals surface area contributed by atoms with Gasteiger partial charge in [0.15, 0.2) is 0 Å². The fourth-order valence-corrected chi connectivity index (χ4v) is 6.50. The van der Waals surface area contributed by atoms with E-state index >= 15 is 0 Å². The SMILES string of the molecule is Cc1ccccc1CN1C(=O)C(CC(C)C)NC(=O)C12CCN(C(c1ccccc1)c1c(C)n[nH]c1C)CC2. The Bertz CT molecular complexity index is 1300. The number of aromatic nitrogens is 2. The van der Waals surface area contributed by atoms with Crippen LogP contribution in [-0.4, -0.2) is 56.5 Å². The zero-order valence-electron chi connectivity index (χ0n) is 23.8. The second-order valence-corrected chi connectivity index (χ2v) is 11.7. The summed E-state index contributed by atoms with van der Waals surface area (Å²) in [5, 5.41) is 10.8. The van der Waals surface area contributed by atoms with Gasteiger partial charge in [-0.1, -0.05) is 68.4 Å². The Morgan fingerprint density at radius 1 is 0.974 bits per heavy atom. The molecule has 0 radical (unpaired) electrons. The minimum atomic E-state index is -0.856. The first-order valence-corrected chi connectivity index (χ1v) is 14.2. The van der Waals surface area contributed by atoms with Crippen molar-refractivity contribution in [1.29, 1.82) is 0 Å². The number of nitrogens with zero attached hydrogens (tertiary/aromatic N) is 3. The van der Waals surface area contributed by atoms with Gasteiger partial charge in [0.25, 0.3) is 0 Å². The van der Waals surface area contributed by atoms with Gasteiger partial charge < -0.3 is 10.2 Å². The largest absolute Gasteiger partial charge is 0.342 e. The Morgan fingerprint density at radius 2 is 1.64 bits per heavy atom. The maximum Gasteiger partial charge on any atom is 0.246 e. The van der Waals surface area contributed by atoms with E-state index in [0.717, 1.165) is 22.5 Å². The number of aromatic amines is 1. The molecule has 2 fully saturated rings. The number of aryl methyl sites for hydroxylation is 3. The summed E-state index contributed by atoms with van der Waals surface area (Å²) in [7, 11) is 0. The van der Waals surface area contributed by atoms with Crippen LogP contribution in [0, 0.1) is 26.7 Å². The van der Waals surface area contributed by atoms with E-state index in [9.17, 15) is 9.59 Å². The standard InChI is InChI=1S/C32H41N5O2/c1-21(2)19-27-30(38)37(20-26-14-10-9-11-22(26)3)32(31(39)33-27)15-17-36(18-16-32)29(25-12-7-6-8-13-25)28-23(4)34-35-24(28)5/h6-14,21,27,29H,15-20H2,1-5H3,(H,33,39)(H,34,35). The molecule has 5 rings (SSSR count). The molecule has 3 aromatic rings. The number of amides is 2. The molecule has 2 saturated heterocycles. The van der Waals surface area contributed by atoms with Crippen LogP contribution in [0.5, 0.6) is 0 Å². The molecule has 2 aliphatic heterocycles. The van der Waals surface area contributed by atoms with Crippen molar-refractivity contribution in [2.45, 2.75) is 78.0 Å². The Labute approximate surface area is 232 Å². The molecule has 2 aliphatic rings. The number of likely N-dealkylation sites (tertiary alicyclic amines) is 1. The topological polar surface area (TPSA) is 81.3 Å². The number of rotatable bonds is 7. The maximum atomic E-state index is 14.0. The monoisotopic (exact) mass is 527 g/mol. The summed E-state index contributed by atoms with van der Waals surface area (Å²) in [6.07, 6.45) is 1.82. The Morgan fingerprint density at radius 3 is 2.26 bits per heavy atom. The fourth-order valence-electron chi connectivity index (χ4n) is 6.50. The first-order valence-electron chi connectivity index (χ1n) is 14.2. The molecule has 2 atom stereocenters. The highest BCUT2D eigenvalue weighted by molar-refractivity contribution is 6.00. The third kappa shape index (κ3) is 5.12. The molecule has 2 unspecified atom stereocenters. The lowest BCUT2D eigenvalue weighted by molar-refractivity contribution is -0.163. The van der Waals surface area contributed by atoms with Gasteiger partial charge in [-0.25, -0.2) is 0 Å². The Hall–Kier alpha value is -3.45. The zero-order chi connectivity index (χ0) is 27.7. The highest BCUT2D eigenvalue weighted by Crippen LogP contribution is 2.40. The van der Waals surface area contributed by atoms with Gasteiger partial charge in [0, 0.05) is 30.9 Å². The summed E-state index contributed by atoms with van der Waals surface area (Å²) in [5.74, 6) is 0.345. The number of hydrogen-bond acceptors (Lipinski definition) is 4. The van der Waals surface area contributed by atoms with E-state index in [1.54, 1.807) is 0 Å². The van der Waals surface area contributed by atoms with Gasteiger partial charge in [0.1, 0.15) is 11.6 Å². The average molecular weight is 528 g/mol. The van der Waals surface area contributed by atoms with E-state index in [-0.39, 0.29) is 17.9 Å². The molecule has 206 valence electrons. The number of carbonyl (C=O) groups is 2. The van der Waals surface area contributed by atoms with Crippen molar-refractivity contribution >= 4 is 11.8 Å². The van der Waals surface area contributed by atoms with Crippen molar-refractivity contribution in [3.05, 3.63) is 88.2 Å². The second-order valence-electron chi connectivity index (χ2n) is 11.7. The van der Waals surface area contributed by atoms with Crippen LogP contribution in [0.2, 0.25) is 0 Å². The van der Waals surface area contributed by atoms with Gasteiger partial charge >= 0.3 is 0 Å². The predicted octanol–water partition coefficient (Wildman–Crippen LogP) is 4.83. The van der Waals surface area contributed by atoms with Crippen molar-refractivity contribution in [2.24, 2.45) is 5.92 Å². The van der Waals surface area contributed by atoms with E-state index in [1.807, 2.05) is 30.0 Å². The van der Waals surface area contributed by atoms with Gasteiger partial charge in [-0.15, -0.1) is 0 Å². The van der Waals surface area contributed by atoms with Crippen LogP contribution in [0.15, 0.2) is 54.6 Å². The van der Waals surface area contributed by atoms with Crippen molar-refractivity contribution in [3.8, 4) is 0 Å². The minimum Gasteiger partial charge on any atom is -0.342 e. The molecular formula is C32H41N5O2. The summed E-state index contributed by atoms with van der Waals surface area (Å²) in [6, 6.07) is 18.3. The molecule has 2 N–H and O–H groups in total. The van der Waals surface area contributed by atoms with Crippen LogP contribution in [0.1, 0.15) is 72.8 Å². The van der Waals surface area contributed by atoms with Gasteiger partial charge in [-0.3, -0.25) is 19.6 Å². The number of carbonyl (C=O) groups excluding carboxylic acids is 2. The normalized spacial score (nSPS) is 20.5. The van der Waals surface area contributed by atoms with Crippen molar-refractivity contribution in [3.63, 3.8) is 0 Å². The molecule has 7 heteroatoms. The van der Waals surface area contributed by atoms with Crippen molar-refractivity contribution < 1.29 is 9.59 Å². The maximum absolute atomic E-state index is 14.0. The number of nitrogens with one attached hydrogen (secondary N) is 2. The quantitative estimate of drug-likeness (QED) is 0.461. The third-order valence-electron chi connectivity index (χ3n) is 8.67. The van der Waals surface area contributed by atoms with Gasteiger partial charge in [-0.2, -0.15) is 5.10 Å². The molecular weight excluding hydrogens is 486 g/mol. The zero-order valence-corrected chi connectivity index (χ0v) is 23.8. The molecule has 3 heterocycles. The number of H-pyrrole nitrogens is 1. The number of piperidine rings is 1. The minimum absolute atomic E-state index is 0.00656. The van der Waals surface area contributed by atoms with E-state index in [2.05, 4.69) is 84.5 Å². The molecule has 7 nitrogen and oxygen atoms in total. The van der Waals surface area contributed by atoms with E-state index in [0.29, 0.717) is 44.8 Å². The van der Waals surface area contributed by atoms with Gasteiger partial charge in [-0.05, 0) is 62.6 Å². The summed E-state index contributed by atoms with van der Waals surface area (Å²) in [4.78, 5) is 32.3. The Balaban J connectivity index is 1.48. The number of hydrogen-bond donors (Lipinski definition) is 2. The lowest BCUT2D eigenvalue weighted by Crippen LogP contribution is -2.72. The molecule has 0 saturated carbocycles. The van der Waals surface area contributed by atoms with E-state index in [1.165, 1.54) is 11.1 Å². The van der Waals surface area contributed by atoms with Crippen molar-refractivity contribution in [2.75, 3.05) is 13.1 Å². The van der Waals surface area contributed by atoms with Crippen LogP contribution < -0.4 is 5.32 Å². The first kappa shape index (κ1) is 27.1. The first-order chi connectivity index (χ1) is 18.7. The molecule has 2 aromatic carbocycles. The molecule has 39 heavy (non-hydrogen) atoms. The third-order valence-corrected chi connectivity index (χ3v) is 8.67. The fraction of sp³-hybridized carbons (Fsp3) is 0.469. The molecule has 2 amide bonds. The molecule has 0 bridgehead atoms. The van der Waals surface area contributed by atoms with Crippen LogP contribution >= 0.6 is 0 Å². The van der Waals surface area contributed by atoms with Crippen LogP contribution in [0.3, 0.4) is 0 Å². The summed E-state index contributed by atoms with van der Waals surface area (Å²) < 4.78 is 0. The highest BCUT2D eigenvalue weighted by atomic mass is 16.2. The van der Waals surface area contributed by atoms with Gasteiger partial charge in [0.2, 0.25) is 11.8 Å². The smallest absolute Gasteiger partial charge is 0.246 e. The van der Waals surface area contributed by atoms with Crippen LogP contribution in [0.4, 0.5) is 0 Å². The lowest BCUT2D eigenvalue weighted by Gasteiger charge is -2.53. The summed E-state index contributed by atoms with van der Waals surface area (Å²) in [6.45, 7) is 12.2. The van der Waals surface area contributed by atoms with E-state index in [4.69, 9.17) is 0 Å². The second kappa shape index (κ2) is 11.0. The van der Waals surface area contributed by atoms with E-state index < -0.39 is 11.6 Å².